The van der Waals surface area contributed by atoms with E-state index in [-0.39, 0.29) is 39.3 Å². The molecule has 3 nitrogen and oxygen atoms in total. The number of rotatable bonds is 0. The number of Topliss-reactive ketones (excluding diaryl/α,β-unsaturated/α-hetero) is 1. The molecule has 24 heavy (non-hydrogen) atoms. The highest BCUT2D eigenvalue weighted by atomic mass is 35.5. The van der Waals surface area contributed by atoms with Gasteiger partial charge in [-0.15, -0.1) is 21.6 Å². The van der Waals surface area contributed by atoms with E-state index in [0.717, 1.165) is 0 Å². The zero-order valence-corrected chi connectivity index (χ0v) is 13.5. The first-order chi connectivity index (χ1) is 10.8. The van der Waals surface area contributed by atoms with E-state index in [1.54, 1.807) is 0 Å². The Morgan fingerprint density at radius 2 is 1.58 bits per heavy atom. The molecule has 12 heteroatoms. The van der Waals surface area contributed by atoms with Crippen LogP contribution in [0.4, 0.5) is 0 Å². The molecule has 1 aromatic rings. The second kappa shape index (κ2) is 5.08. The number of benzene rings is 1. The van der Waals surface area contributed by atoms with Crippen molar-refractivity contribution in [2.45, 2.75) is 28.5 Å². The molecule has 1 aliphatic carbocycles. The van der Waals surface area contributed by atoms with Crippen LogP contribution >= 0.6 is 11.5 Å². The Morgan fingerprint density at radius 3 is 2.12 bits per heavy atom. The maximum atomic E-state index is 12.8. The molecule has 0 aromatic heterocycles. The fourth-order valence-corrected chi connectivity index (χ4v) is 4.55. The maximum Gasteiger partial charge on any atom is 0.282 e. The Balaban J connectivity index is 2.50. The average molecular weight is 318 g/mol. The molecule has 0 saturated heterocycles. The van der Waals surface area contributed by atoms with Gasteiger partial charge >= 0.3 is 0 Å². The third kappa shape index (κ3) is 1.74. The van der Waals surface area contributed by atoms with Crippen molar-refractivity contribution in [3.63, 3.8) is 0 Å². The number of aliphatic hydroxyl groups excluding tert-OH is 1. The lowest BCUT2D eigenvalue weighted by atomic mass is 9.18. The molecule has 1 heterocycles. The van der Waals surface area contributed by atoms with Gasteiger partial charge in [0.1, 0.15) is 37.5 Å². The van der Waals surface area contributed by atoms with E-state index in [9.17, 15) is 9.90 Å². The quantitative estimate of drug-likeness (QED) is 0.469. The van der Waals surface area contributed by atoms with Gasteiger partial charge in [0.25, 0.3) is 6.13 Å². The lowest BCUT2D eigenvalue weighted by Crippen LogP contribution is -2.67. The van der Waals surface area contributed by atoms with Crippen molar-refractivity contribution in [1.29, 1.82) is 0 Å². The van der Waals surface area contributed by atoms with Crippen LogP contribution in [0.1, 0.15) is 12.0 Å². The zero-order chi connectivity index (χ0) is 18.4. The van der Waals surface area contributed by atoms with Gasteiger partial charge in [-0.2, -0.15) is 11.5 Å². The number of nitrogens with two attached hydrogens (primary N) is 1. The molecule has 2 aliphatic rings. The zero-order valence-electron chi connectivity index (χ0n) is 12.7. The molecule has 0 bridgehead atoms. The van der Waals surface area contributed by atoms with E-state index in [4.69, 9.17) is 72.1 Å². The van der Waals surface area contributed by atoms with Gasteiger partial charge in [-0.1, -0.05) is 10.9 Å². The molecule has 1 saturated carbocycles. The van der Waals surface area contributed by atoms with Crippen LogP contribution in [0.15, 0.2) is 0 Å². The van der Waals surface area contributed by atoms with E-state index in [1.165, 1.54) is 0 Å². The monoisotopic (exact) mass is 319 g/mol. The fraction of sp³-hybridized carbons (Fsp3) is 0.417. The average Bonchev–Trinajstić information content (AvgIpc) is 2.69. The number of hydrogen-bond donors (Lipinski definition) is 2. The molecule has 3 N–H and O–H groups in total. The van der Waals surface area contributed by atoms with Crippen molar-refractivity contribution >= 4 is 106 Å². The summed E-state index contributed by atoms with van der Waals surface area (Å²) in [4.78, 5) is 12.8. The summed E-state index contributed by atoms with van der Waals surface area (Å²) in [7, 11) is 42.4. The molecule has 14 radical (unpaired) electrons. The van der Waals surface area contributed by atoms with Gasteiger partial charge in [0.05, 0.1) is 29.1 Å². The van der Waals surface area contributed by atoms with Crippen molar-refractivity contribution in [2.24, 2.45) is 5.73 Å². The molecule has 1 fully saturated rings. The van der Waals surface area contributed by atoms with Crippen LogP contribution in [0.3, 0.4) is 0 Å². The second-order valence-corrected chi connectivity index (χ2v) is 7.04. The number of fused-ring (bicyclic) bond motifs is 3. The summed E-state index contributed by atoms with van der Waals surface area (Å²) in [5.74, 6) is -0.809. The van der Waals surface area contributed by atoms with Crippen LogP contribution in [0, 0.1) is 0 Å². The number of carbonyl (C=O) groups excluding carboxylic acids is 1. The Morgan fingerprint density at radius 1 is 1.08 bits per heavy atom. The number of hydrogen-bond acceptors (Lipinski definition) is 3. The van der Waals surface area contributed by atoms with E-state index in [1.807, 2.05) is 0 Å². The molecule has 3 unspecified atom stereocenters. The summed E-state index contributed by atoms with van der Waals surface area (Å²) >= 11 is 6.52. The number of ketones is 1. The molecule has 1 aliphatic heterocycles. The van der Waals surface area contributed by atoms with Crippen LogP contribution in [-0.4, -0.2) is 78.0 Å². The third-order valence-corrected chi connectivity index (χ3v) is 5.95. The van der Waals surface area contributed by atoms with E-state index >= 15 is 0 Å². The first-order valence-corrected chi connectivity index (χ1v) is 7.55. The van der Waals surface area contributed by atoms with Gasteiger partial charge in [0.2, 0.25) is 0 Å². The Bertz CT molecular complexity index is 789. The summed E-state index contributed by atoms with van der Waals surface area (Å²) in [6.07, 6.45) is -3.05. The molecule has 0 spiro atoms. The number of carbonyl (C=O) groups is 1. The normalized spacial score (nSPS) is 34.0. The Kier molecular flexibility index (Phi) is 3.90. The molecule has 3 atom stereocenters. The highest BCUT2D eigenvalue weighted by molar-refractivity contribution is 7.21. The highest BCUT2D eigenvalue weighted by Crippen LogP contribution is 2.65. The Labute approximate surface area is 155 Å². The van der Waals surface area contributed by atoms with Crippen LogP contribution in [-0.2, 0) is 10.3 Å². The topological polar surface area (TPSA) is 63.3 Å². The minimum Gasteiger partial charge on any atom is -0.385 e. The van der Waals surface area contributed by atoms with Crippen molar-refractivity contribution < 1.29 is 9.90 Å². The van der Waals surface area contributed by atoms with Crippen LogP contribution < -0.4 is 33.0 Å². The third-order valence-electron chi connectivity index (χ3n) is 5.39. The van der Waals surface area contributed by atoms with E-state index in [2.05, 4.69) is 0 Å². The minimum absolute atomic E-state index is 0.00107. The molecule has 102 valence electrons. The van der Waals surface area contributed by atoms with Crippen molar-refractivity contribution in [3.05, 3.63) is 5.56 Å². The van der Waals surface area contributed by atoms with Crippen molar-refractivity contribution in [3.8, 4) is 0 Å². The standard InChI is InChI=1S/C12H6B8ClNO2/c13-4-3-8(7(16)6(15)5(4)14)20(21)12(19)10(17,18)1-2(23)9(24)11(3,12)22/h2,23H,1,22H2. The van der Waals surface area contributed by atoms with Gasteiger partial charge in [0, 0.05) is 0 Å². The molecular weight excluding hydrogens is 312 g/mol. The van der Waals surface area contributed by atoms with Crippen molar-refractivity contribution in [1.82, 2.24) is 0 Å². The van der Waals surface area contributed by atoms with E-state index < -0.39 is 34.0 Å². The van der Waals surface area contributed by atoms with Gasteiger partial charge < -0.3 is 10.8 Å². The largest absolute Gasteiger partial charge is 0.385 e. The predicted octanol–water partition coefficient (Wildman–Crippen LogP) is -5.88. The maximum absolute atomic E-state index is 12.8. The summed E-state index contributed by atoms with van der Waals surface area (Å²) < 4.78 is 0. The van der Waals surface area contributed by atoms with Crippen LogP contribution in [0.5, 0.6) is 0 Å². The second-order valence-electron chi connectivity index (χ2n) is 6.61. The predicted molar refractivity (Wildman–Crippen MR) is 103 cm³/mol. The van der Waals surface area contributed by atoms with E-state index in [0.29, 0.717) is 0 Å². The lowest BCUT2D eigenvalue weighted by molar-refractivity contribution is -0.137. The number of halogens is 1. The van der Waals surface area contributed by atoms with Gasteiger partial charge in [-0.25, -0.2) is 0 Å². The first kappa shape index (κ1) is 18.4. The Hall–Kier alpha value is -0.381. The van der Waals surface area contributed by atoms with Gasteiger partial charge in [-0.05, 0) is 17.2 Å². The highest BCUT2D eigenvalue weighted by Gasteiger charge is 2.71. The fourth-order valence-electron chi connectivity index (χ4n) is 3.95. The summed E-state index contributed by atoms with van der Waals surface area (Å²) in [5, 5.41) is 6.46. The SMILES string of the molecule is [B]c1c([B])c([B])c2c(c1[B])B(Cl)C1([B])C([B])([B])CC(O)C(=O)C21N. The molecule has 1 aromatic carbocycles. The van der Waals surface area contributed by atoms with Gasteiger partial charge in [-0.3, -0.25) is 4.79 Å². The minimum atomic E-state index is -2.07. The summed E-state index contributed by atoms with van der Waals surface area (Å²) in [6, 6.07) is 0. The first-order valence-electron chi connectivity index (χ1n) is 7.12. The van der Waals surface area contributed by atoms with Crippen molar-refractivity contribution in [2.75, 3.05) is 0 Å². The smallest absolute Gasteiger partial charge is 0.282 e. The molecule has 0 amide bonds. The summed E-state index contributed by atoms with van der Waals surface area (Å²) in [5.41, 5.74) is 4.34. The lowest BCUT2D eigenvalue weighted by Gasteiger charge is -2.58. The van der Waals surface area contributed by atoms with Crippen LogP contribution in [0.2, 0.25) is 10.4 Å². The molecule has 3 rings (SSSR count). The van der Waals surface area contributed by atoms with Gasteiger partial charge in [0.15, 0.2) is 5.78 Å². The van der Waals surface area contributed by atoms with Crippen LogP contribution in [0.25, 0.3) is 0 Å². The summed E-state index contributed by atoms with van der Waals surface area (Å²) in [6.45, 7) is 0. The number of aliphatic hydroxyl groups is 1. The molecular formula is C12H6B8ClNO2.